The van der Waals surface area contributed by atoms with Crippen molar-refractivity contribution in [1.82, 2.24) is 4.72 Å². The lowest BCUT2D eigenvalue weighted by molar-refractivity contribution is 0.278. The molecule has 0 amide bonds. The molecular formula is C9H18ClNO2S. The molecular weight excluding hydrogens is 222 g/mol. The monoisotopic (exact) mass is 239 g/mol. The zero-order valence-corrected chi connectivity index (χ0v) is 10.1. The van der Waals surface area contributed by atoms with Gasteiger partial charge in [-0.05, 0) is 18.3 Å². The van der Waals surface area contributed by atoms with E-state index in [1.807, 2.05) is 0 Å². The fourth-order valence-electron chi connectivity index (χ4n) is 2.00. The molecule has 1 N–H and O–H groups in total. The molecule has 3 nitrogen and oxygen atoms in total. The van der Waals surface area contributed by atoms with Gasteiger partial charge in [0.15, 0.2) is 0 Å². The molecule has 0 aromatic heterocycles. The summed E-state index contributed by atoms with van der Waals surface area (Å²) < 4.78 is 23.5. The second-order valence-corrected chi connectivity index (χ2v) is 6.63. The van der Waals surface area contributed by atoms with Crippen molar-refractivity contribution >= 4 is 19.9 Å². The van der Waals surface area contributed by atoms with Gasteiger partial charge in [0, 0.05) is 17.2 Å². The standard InChI is InChI=1S/C9H18ClNO2S/c1-8-2-4-9(5-3-8)6-7-11-14(10,12)13/h8-9,11H,2-7H2,1H3. The lowest BCUT2D eigenvalue weighted by Gasteiger charge is -2.25. The smallest absolute Gasteiger partial charge is 0.202 e. The van der Waals surface area contributed by atoms with Crippen molar-refractivity contribution in [3.63, 3.8) is 0 Å². The van der Waals surface area contributed by atoms with Crippen LogP contribution in [0.3, 0.4) is 0 Å². The van der Waals surface area contributed by atoms with E-state index in [4.69, 9.17) is 10.7 Å². The zero-order valence-electron chi connectivity index (χ0n) is 8.50. The summed E-state index contributed by atoms with van der Waals surface area (Å²) in [5, 5.41) is 0. The van der Waals surface area contributed by atoms with Gasteiger partial charge < -0.3 is 0 Å². The van der Waals surface area contributed by atoms with E-state index < -0.39 is 9.24 Å². The highest BCUT2D eigenvalue weighted by Crippen LogP contribution is 2.29. The van der Waals surface area contributed by atoms with Crippen molar-refractivity contribution < 1.29 is 8.42 Å². The molecule has 0 saturated heterocycles. The Morgan fingerprint density at radius 3 is 2.36 bits per heavy atom. The quantitative estimate of drug-likeness (QED) is 0.765. The predicted octanol–water partition coefficient (Wildman–Crippen LogP) is 2.28. The summed E-state index contributed by atoms with van der Waals surface area (Å²) in [6.07, 6.45) is 5.92. The average Bonchev–Trinajstić information content (AvgIpc) is 2.06. The van der Waals surface area contributed by atoms with Gasteiger partial charge in [0.05, 0.1) is 0 Å². The van der Waals surface area contributed by atoms with Gasteiger partial charge in [-0.3, -0.25) is 0 Å². The fourth-order valence-corrected chi connectivity index (χ4v) is 2.60. The Morgan fingerprint density at radius 1 is 1.29 bits per heavy atom. The van der Waals surface area contributed by atoms with Crippen LogP contribution >= 0.6 is 10.7 Å². The third kappa shape index (κ3) is 5.17. The summed E-state index contributed by atoms with van der Waals surface area (Å²) in [5.74, 6) is 1.52. The van der Waals surface area contributed by atoms with E-state index in [0.29, 0.717) is 12.5 Å². The second-order valence-electron chi connectivity index (χ2n) is 4.25. The lowest BCUT2D eigenvalue weighted by atomic mass is 9.81. The van der Waals surface area contributed by atoms with Gasteiger partial charge in [0.2, 0.25) is 0 Å². The largest absolute Gasteiger partial charge is 0.297 e. The highest BCUT2D eigenvalue weighted by Gasteiger charge is 2.18. The highest BCUT2D eigenvalue weighted by molar-refractivity contribution is 8.12. The predicted molar refractivity (Wildman–Crippen MR) is 58.5 cm³/mol. The Kier molecular flexibility index (Phi) is 4.67. The van der Waals surface area contributed by atoms with Crippen molar-refractivity contribution in [2.75, 3.05) is 6.54 Å². The van der Waals surface area contributed by atoms with Crippen LogP contribution in [0, 0.1) is 11.8 Å². The van der Waals surface area contributed by atoms with Crippen LogP contribution in [0.4, 0.5) is 0 Å². The SMILES string of the molecule is CC1CCC(CCNS(=O)(=O)Cl)CC1. The number of nitrogens with one attached hydrogen (secondary N) is 1. The van der Waals surface area contributed by atoms with Crippen LogP contribution in [0.15, 0.2) is 0 Å². The molecule has 0 unspecified atom stereocenters. The van der Waals surface area contributed by atoms with Crippen LogP contribution in [0.25, 0.3) is 0 Å². The van der Waals surface area contributed by atoms with Gasteiger partial charge in [-0.15, -0.1) is 0 Å². The maximum atomic E-state index is 10.6. The molecule has 0 radical (unpaired) electrons. The van der Waals surface area contributed by atoms with Gasteiger partial charge in [0.25, 0.3) is 9.24 Å². The minimum Gasteiger partial charge on any atom is -0.202 e. The molecule has 1 aliphatic rings. The van der Waals surface area contributed by atoms with E-state index in [9.17, 15) is 8.42 Å². The molecule has 0 spiro atoms. The van der Waals surface area contributed by atoms with Gasteiger partial charge >= 0.3 is 0 Å². The Hall–Kier alpha value is 0.200. The normalized spacial score (nSPS) is 29.0. The minimum atomic E-state index is -3.51. The summed E-state index contributed by atoms with van der Waals surface area (Å²) in [6, 6.07) is 0. The molecule has 0 heterocycles. The molecule has 0 aromatic rings. The van der Waals surface area contributed by atoms with Crippen molar-refractivity contribution in [2.45, 2.75) is 39.0 Å². The molecule has 5 heteroatoms. The zero-order chi connectivity index (χ0) is 10.6. The van der Waals surface area contributed by atoms with Crippen LogP contribution < -0.4 is 4.72 Å². The lowest BCUT2D eigenvalue weighted by Crippen LogP contribution is -2.23. The Bertz CT molecular complexity index is 258. The maximum Gasteiger partial charge on any atom is 0.297 e. The molecule has 1 fully saturated rings. The third-order valence-corrected chi connectivity index (χ3v) is 3.84. The van der Waals surface area contributed by atoms with E-state index in [0.717, 1.165) is 12.3 Å². The molecule has 0 bridgehead atoms. The van der Waals surface area contributed by atoms with Crippen molar-refractivity contribution in [3.8, 4) is 0 Å². The van der Waals surface area contributed by atoms with Gasteiger partial charge in [-0.1, -0.05) is 32.6 Å². The average molecular weight is 240 g/mol. The molecule has 1 rings (SSSR count). The first-order chi connectivity index (χ1) is 6.47. The first-order valence-electron chi connectivity index (χ1n) is 5.16. The van der Waals surface area contributed by atoms with Crippen LogP contribution in [-0.4, -0.2) is 15.0 Å². The van der Waals surface area contributed by atoms with Crippen LogP contribution in [0.2, 0.25) is 0 Å². The molecule has 1 saturated carbocycles. The number of halogens is 1. The van der Waals surface area contributed by atoms with Crippen molar-refractivity contribution in [2.24, 2.45) is 11.8 Å². The van der Waals surface area contributed by atoms with Gasteiger partial charge in [-0.25, -0.2) is 4.72 Å². The van der Waals surface area contributed by atoms with Crippen molar-refractivity contribution in [1.29, 1.82) is 0 Å². The molecule has 0 aromatic carbocycles. The summed E-state index contributed by atoms with van der Waals surface area (Å²) >= 11 is 0. The minimum absolute atomic E-state index is 0.477. The van der Waals surface area contributed by atoms with Crippen LogP contribution in [-0.2, 0) is 9.24 Å². The molecule has 0 atom stereocenters. The highest BCUT2D eigenvalue weighted by atomic mass is 35.7. The van der Waals surface area contributed by atoms with E-state index in [-0.39, 0.29) is 0 Å². The summed E-state index contributed by atoms with van der Waals surface area (Å²) in [5.41, 5.74) is 0. The topological polar surface area (TPSA) is 46.2 Å². The summed E-state index contributed by atoms with van der Waals surface area (Å²) in [4.78, 5) is 0. The number of rotatable bonds is 4. The molecule has 1 aliphatic carbocycles. The van der Waals surface area contributed by atoms with E-state index in [1.165, 1.54) is 25.7 Å². The Balaban J connectivity index is 2.14. The van der Waals surface area contributed by atoms with Gasteiger partial charge in [-0.2, -0.15) is 8.42 Å². The number of hydrogen-bond acceptors (Lipinski definition) is 2. The van der Waals surface area contributed by atoms with Gasteiger partial charge in [0.1, 0.15) is 0 Å². The van der Waals surface area contributed by atoms with E-state index in [1.54, 1.807) is 0 Å². The molecule has 14 heavy (non-hydrogen) atoms. The van der Waals surface area contributed by atoms with Crippen LogP contribution in [0.5, 0.6) is 0 Å². The molecule has 84 valence electrons. The van der Waals surface area contributed by atoms with Crippen molar-refractivity contribution in [3.05, 3.63) is 0 Å². The summed E-state index contributed by atoms with van der Waals surface area (Å²) in [7, 11) is 1.52. The Morgan fingerprint density at radius 2 is 1.86 bits per heavy atom. The second kappa shape index (κ2) is 5.33. The maximum absolute atomic E-state index is 10.6. The number of hydrogen-bond donors (Lipinski definition) is 1. The first kappa shape index (κ1) is 12.3. The molecule has 0 aliphatic heterocycles. The van der Waals surface area contributed by atoms with E-state index in [2.05, 4.69) is 11.6 Å². The first-order valence-corrected chi connectivity index (χ1v) is 7.47. The van der Waals surface area contributed by atoms with E-state index >= 15 is 0 Å². The summed E-state index contributed by atoms with van der Waals surface area (Å²) in [6.45, 7) is 2.75. The third-order valence-electron chi connectivity index (χ3n) is 2.96. The van der Waals surface area contributed by atoms with Crippen LogP contribution in [0.1, 0.15) is 39.0 Å². The fraction of sp³-hybridized carbons (Fsp3) is 1.00. The Labute approximate surface area is 90.8 Å².